The predicted octanol–water partition coefficient (Wildman–Crippen LogP) is 2.90. The second-order valence-corrected chi connectivity index (χ2v) is 6.35. The zero-order chi connectivity index (χ0) is 18.7. The highest BCUT2D eigenvalue weighted by atomic mass is 32.1. The van der Waals surface area contributed by atoms with Gasteiger partial charge in [-0.2, -0.15) is 4.99 Å². The molecule has 0 radical (unpaired) electrons. The lowest BCUT2D eigenvalue weighted by Gasteiger charge is -2.07. The molecular formula is C18H17FN2O4S. The van der Waals surface area contributed by atoms with Gasteiger partial charge in [-0.15, -0.1) is 0 Å². The summed E-state index contributed by atoms with van der Waals surface area (Å²) in [5.74, 6) is 0.185. The number of thiazole rings is 1. The number of para-hydroxylation sites is 1. The van der Waals surface area contributed by atoms with Crippen molar-refractivity contribution in [2.45, 2.75) is 0 Å². The summed E-state index contributed by atoms with van der Waals surface area (Å²) >= 11 is 1.34. The van der Waals surface area contributed by atoms with Crippen molar-refractivity contribution in [3.05, 3.63) is 47.0 Å². The van der Waals surface area contributed by atoms with Gasteiger partial charge in [0.1, 0.15) is 0 Å². The van der Waals surface area contributed by atoms with Gasteiger partial charge in [-0.25, -0.2) is 4.39 Å². The Balaban J connectivity index is 1.88. The van der Waals surface area contributed by atoms with Crippen LogP contribution in [0, 0.1) is 5.82 Å². The maximum Gasteiger partial charge on any atom is 0.286 e. The molecule has 0 bridgehead atoms. The Labute approximate surface area is 153 Å². The molecule has 0 aliphatic heterocycles. The molecule has 0 fully saturated rings. The summed E-state index contributed by atoms with van der Waals surface area (Å²) in [6, 6.07) is 9.56. The van der Waals surface area contributed by atoms with Crippen molar-refractivity contribution in [2.75, 3.05) is 20.8 Å². The molecule has 1 amide bonds. The van der Waals surface area contributed by atoms with E-state index in [0.717, 1.165) is 10.2 Å². The first-order valence-electron chi connectivity index (χ1n) is 7.70. The Hall–Kier alpha value is -2.87. The maximum absolute atomic E-state index is 13.5. The van der Waals surface area contributed by atoms with Crippen LogP contribution in [0.3, 0.4) is 0 Å². The van der Waals surface area contributed by atoms with Gasteiger partial charge in [0.2, 0.25) is 0 Å². The number of aryl methyl sites for hydroxylation is 1. The summed E-state index contributed by atoms with van der Waals surface area (Å²) in [5, 5.41) is 0. The Morgan fingerprint density at radius 3 is 2.54 bits per heavy atom. The number of methoxy groups -OCH3 is 2. The van der Waals surface area contributed by atoms with E-state index in [4.69, 9.17) is 14.2 Å². The van der Waals surface area contributed by atoms with Crippen molar-refractivity contribution < 1.29 is 23.4 Å². The molecule has 3 rings (SSSR count). The molecule has 136 valence electrons. The third-order valence-electron chi connectivity index (χ3n) is 3.72. The van der Waals surface area contributed by atoms with Crippen LogP contribution in [-0.2, 0) is 11.8 Å². The van der Waals surface area contributed by atoms with E-state index in [2.05, 4.69) is 4.99 Å². The summed E-state index contributed by atoms with van der Waals surface area (Å²) in [5.41, 5.74) is 0.856. The second kappa shape index (κ2) is 7.57. The van der Waals surface area contributed by atoms with Crippen molar-refractivity contribution in [3.8, 4) is 17.2 Å². The molecule has 0 N–H and O–H groups in total. The Bertz CT molecular complexity index is 1030. The van der Waals surface area contributed by atoms with Gasteiger partial charge in [-0.05, 0) is 12.1 Å². The number of carbonyl (C=O) groups is 1. The Morgan fingerprint density at radius 2 is 1.85 bits per heavy atom. The second-order valence-electron chi connectivity index (χ2n) is 5.34. The lowest BCUT2D eigenvalue weighted by atomic mass is 10.3. The normalized spacial score (nSPS) is 11.6. The van der Waals surface area contributed by atoms with E-state index in [1.165, 1.54) is 23.5 Å². The monoisotopic (exact) mass is 376 g/mol. The zero-order valence-electron chi connectivity index (χ0n) is 14.5. The third kappa shape index (κ3) is 3.55. The minimum Gasteiger partial charge on any atom is -0.493 e. The first-order valence-corrected chi connectivity index (χ1v) is 8.51. The van der Waals surface area contributed by atoms with Crippen LogP contribution in [0.1, 0.15) is 0 Å². The van der Waals surface area contributed by atoms with Crippen LogP contribution in [0.25, 0.3) is 10.2 Å². The number of halogens is 1. The molecule has 0 unspecified atom stereocenters. The van der Waals surface area contributed by atoms with Gasteiger partial charge < -0.3 is 18.8 Å². The predicted molar refractivity (Wildman–Crippen MR) is 96.4 cm³/mol. The number of nitrogens with zero attached hydrogens (tertiary/aromatic N) is 2. The number of hydrogen-bond acceptors (Lipinski definition) is 5. The third-order valence-corrected chi connectivity index (χ3v) is 4.82. The first kappa shape index (κ1) is 17.9. The van der Waals surface area contributed by atoms with E-state index in [0.29, 0.717) is 16.3 Å². The fourth-order valence-electron chi connectivity index (χ4n) is 2.40. The molecular weight excluding hydrogens is 359 g/mol. The van der Waals surface area contributed by atoms with Crippen molar-refractivity contribution in [3.63, 3.8) is 0 Å². The lowest BCUT2D eigenvalue weighted by Crippen LogP contribution is -2.17. The molecule has 2 aromatic carbocycles. The minimum absolute atomic E-state index is 0.0197. The van der Waals surface area contributed by atoms with Gasteiger partial charge in [-0.1, -0.05) is 23.5 Å². The number of benzene rings is 2. The molecule has 26 heavy (non-hydrogen) atoms. The fourth-order valence-corrected chi connectivity index (χ4v) is 3.45. The van der Waals surface area contributed by atoms with Crippen LogP contribution in [0.15, 0.2) is 41.4 Å². The minimum atomic E-state index is -0.521. The van der Waals surface area contributed by atoms with E-state index in [9.17, 15) is 9.18 Å². The summed E-state index contributed by atoms with van der Waals surface area (Å²) in [6.45, 7) is -0.345. The molecule has 0 spiro atoms. The van der Waals surface area contributed by atoms with Gasteiger partial charge >= 0.3 is 0 Å². The molecule has 0 saturated heterocycles. The SMILES string of the molecule is COc1cc2sc(=NC(=O)COc3ccccc3F)n(C)c2cc1OC. The van der Waals surface area contributed by atoms with E-state index in [-0.39, 0.29) is 12.4 Å². The maximum atomic E-state index is 13.5. The number of amides is 1. The summed E-state index contributed by atoms with van der Waals surface area (Å²) in [7, 11) is 4.92. The summed E-state index contributed by atoms with van der Waals surface area (Å²) in [6.07, 6.45) is 0. The number of rotatable bonds is 5. The Kier molecular flexibility index (Phi) is 5.22. The van der Waals surface area contributed by atoms with E-state index in [1.807, 2.05) is 12.1 Å². The van der Waals surface area contributed by atoms with Crippen LogP contribution < -0.4 is 19.0 Å². The molecule has 0 aliphatic rings. The summed E-state index contributed by atoms with van der Waals surface area (Å²) in [4.78, 5) is 16.7. The molecule has 3 aromatic rings. The van der Waals surface area contributed by atoms with Gasteiger partial charge in [0.25, 0.3) is 5.91 Å². The molecule has 1 aromatic heterocycles. The molecule has 8 heteroatoms. The molecule has 0 aliphatic carbocycles. The topological polar surface area (TPSA) is 62.0 Å². The zero-order valence-corrected chi connectivity index (χ0v) is 15.3. The van der Waals surface area contributed by atoms with Crippen molar-refractivity contribution >= 4 is 27.5 Å². The van der Waals surface area contributed by atoms with Crippen LogP contribution in [0.4, 0.5) is 4.39 Å². The van der Waals surface area contributed by atoms with E-state index < -0.39 is 11.7 Å². The highest BCUT2D eigenvalue weighted by Gasteiger charge is 2.12. The Morgan fingerprint density at radius 1 is 1.15 bits per heavy atom. The van der Waals surface area contributed by atoms with Crippen LogP contribution in [0.2, 0.25) is 0 Å². The largest absolute Gasteiger partial charge is 0.493 e. The van der Waals surface area contributed by atoms with Gasteiger partial charge in [0.05, 0.1) is 24.4 Å². The van der Waals surface area contributed by atoms with Gasteiger partial charge in [-0.3, -0.25) is 4.79 Å². The average molecular weight is 376 g/mol. The highest BCUT2D eigenvalue weighted by molar-refractivity contribution is 7.16. The quantitative estimate of drug-likeness (QED) is 0.687. The molecule has 6 nitrogen and oxygen atoms in total. The van der Waals surface area contributed by atoms with Crippen molar-refractivity contribution in [2.24, 2.45) is 12.0 Å². The van der Waals surface area contributed by atoms with Crippen molar-refractivity contribution in [1.82, 2.24) is 4.57 Å². The van der Waals surface area contributed by atoms with Gasteiger partial charge in [0, 0.05) is 19.2 Å². The number of fused-ring (bicyclic) bond motifs is 1. The van der Waals surface area contributed by atoms with Crippen LogP contribution in [-0.4, -0.2) is 31.3 Å². The average Bonchev–Trinajstić information content (AvgIpc) is 2.94. The number of ether oxygens (including phenoxy) is 3. The number of hydrogen-bond donors (Lipinski definition) is 0. The summed E-state index contributed by atoms with van der Waals surface area (Å²) < 4.78 is 32.0. The molecule has 1 heterocycles. The van der Waals surface area contributed by atoms with E-state index in [1.54, 1.807) is 38.0 Å². The fraction of sp³-hybridized carbons (Fsp3) is 0.222. The van der Waals surface area contributed by atoms with Crippen LogP contribution in [0.5, 0.6) is 17.2 Å². The molecule has 0 atom stereocenters. The van der Waals surface area contributed by atoms with Crippen LogP contribution >= 0.6 is 11.3 Å². The molecule has 0 saturated carbocycles. The number of aromatic nitrogens is 1. The standard InChI is InChI=1S/C18H17FN2O4S/c1-21-12-8-14(23-2)15(24-3)9-16(12)26-18(21)20-17(22)10-25-13-7-5-4-6-11(13)19/h4-9H,10H2,1-3H3. The van der Waals surface area contributed by atoms with Crippen molar-refractivity contribution in [1.29, 1.82) is 0 Å². The lowest BCUT2D eigenvalue weighted by molar-refractivity contribution is -0.120. The first-order chi connectivity index (χ1) is 12.5. The highest BCUT2D eigenvalue weighted by Crippen LogP contribution is 2.33. The smallest absolute Gasteiger partial charge is 0.286 e. The van der Waals surface area contributed by atoms with E-state index >= 15 is 0 Å². The van der Waals surface area contributed by atoms with Gasteiger partial charge in [0.15, 0.2) is 34.5 Å². The number of carbonyl (C=O) groups excluding carboxylic acids is 1.